The molecule has 2 aromatic heterocycles. The summed E-state index contributed by atoms with van der Waals surface area (Å²) in [6, 6.07) is 14.9. The van der Waals surface area contributed by atoms with E-state index in [0.717, 1.165) is 35.9 Å². The number of nitrogens with two attached hydrogens (primary N) is 1. The maximum atomic E-state index is 12.7. The van der Waals surface area contributed by atoms with Gasteiger partial charge in [-0.3, -0.25) is 14.9 Å². The summed E-state index contributed by atoms with van der Waals surface area (Å²) in [6.45, 7) is 2.11. The molecule has 0 aliphatic carbocycles. The molecule has 0 saturated carbocycles. The molecule has 30 heavy (non-hydrogen) atoms. The molecule has 4 rings (SSSR count). The van der Waals surface area contributed by atoms with E-state index in [-0.39, 0.29) is 17.2 Å². The van der Waals surface area contributed by atoms with Crippen LogP contribution in [0, 0.1) is 0 Å². The van der Waals surface area contributed by atoms with Crippen molar-refractivity contribution < 1.29 is 10.1 Å². The van der Waals surface area contributed by atoms with Gasteiger partial charge in [0.15, 0.2) is 0 Å². The highest BCUT2D eigenvalue weighted by molar-refractivity contribution is 6.04. The highest BCUT2D eigenvalue weighted by atomic mass is 16.2. The first kappa shape index (κ1) is 19.8. The van der Waals surface area contributed by atoms with Crippen LogP contribution in [-0.4, -0.2) is 36.0 Å². The molecule has 1 amide bonds. The number of aromatic nitrogens is 2. The number of aromatic amines is 1. The molecule has 3 aromatic rings. The molecule has 0 bridgehead atoms. The Labute approximate surface area is 175 Å². The maximum absolute atomic E-state index is 12.7. The second-order valence-corrected chi connectivity index (χ2v) is 7.42. The molecule has 3 heterocycles. The predicted octanol–water partition coefficient (Wildman–Crippen LogP) is 2.50. The Morgan fingerprint density at radius 3 is 2.60 bits per heavy atom. The Balaban J connectivity index is 1.52. The van der Waals surface area contributed by atoms with Crippen molar-refractivity contribution in [2.45, 2.75) is 19.3 Å². The summed E-state index contributed by atoms with van der Waals surface area (Å²) in [5.74, 6) is 0.532. The van der Waals surface area contributed by atoms with E-state index < -0.39 is 0 Å². The van der Waals surface area contributed by atoms with Gasteiger partial charge in [-0.15, -0.1) is 0 Å². The number of amides is 1. The minimum Gasteiger partial charge on any atom is -0.372 e. The van der Waals surface area contributed by atoms with Gasteiger partial charge in [0, 0.05) is 42.2 Å². The number of carbonyl (C=O) groups excluding carboxylic acids is 1. The van der Waals surface area contributed by atoms with Crippen LogP contribution < -0.4 is 21.1 Å². The van der Waals surface area contributed by atoms with Gasteiger partial charge < -0.3 is 15.2 Å². The van der Waals surface area contributed by atoms with E-state index in [9.17, 15) is 9.59 Å². The molecule has 154 valence electrons. The van der Waals surface area contributed by atoms with Gasteiger partial charge in [0.2, 0.25) is 5.82 Å². The van der Waals surface area contributed by atoms with Crippen LogP contribution in [0.5, 0.6) is 0 Å². The SMILES string of the molecule is C[NH2+]c1cccc(-c2c[nH]c(=O)c(NC(=O)c3ccc(N4CCCCC4)cc3)c2)n1. The largest absolute Gasteiger partial charge is 0.372 e. The summed E-state index contributed by atoms with van der Waals surface area (Å²) in [6.07, 6.45) is 5.29. The lowest BCUT2D eigenvalue weighted by Crippen LogP contribution is -2.73. The Morgan fingerprint density at radius 1 is 1.10 bits per heavy atom. The van der Waals surface area contributed by atoms with E-state index in [1.165, 1.54) is 19.3 Å². The van der Waals surface area contributed by atoms with Crippen LogP contribution in [0.2, 0.25) is 0 Å². The van der Waals surface area contributed by atoms with Crippen LogP contribution in [0.4, 0.5) is 17.2 Å². The van der Waals surface area contributed by atoms with Crippen molar-refractivity contribution in [1.82, 2.24) is 9.97 Å². The highest BCUT2D eigenvalue weighted by Crippen LogP contribution is 2.21. The number of quaternary nitrogens is 1. The number of pyridine rings is 2. The molecular weight excluding hydrogens is 378 g/mol. The van der Waals surface area contributed by atoms with Gasteiger partial charge in [-0.1, -0.05) is 6.07 Å². The minimum atomic E-state index is -0.352. The van der Waals surface area contributed by atoms with E-state index in [1.807, 2.05) is 42.7 Å². The molecule has 1 saturated heterocycles. The van der Waals surface area contributed by atoms with Crippen molar-refractivity contribution in [3.8, 4) is 11.3 Å². The fourth-order valence-electron chi connectivity index (χ4n) is 3.67. The summed E-state index contributed by atoms with van der Waals surface area (Å²) in [7, 11) is 1.92. The number of rotatable bonds is 5. The average molecular weight is 404 g/mol. The summed E-state index contributed by atoms with van der Waals surface area (Å²) < 4.78 is 0. The summed E-state index contributed by atoms with van der Waals surface area (Å²) >= 11 is 0. The van der Waals surface area contributed by atoms with Crippen molar-refractivity contribution in [2.75, 3.05) is 30.4 Å². The van der Waals surface area contributed by atoms with E-state index in [4.69, 9.17) is 0 Å². The Morgan fingerprint density at radius 2 is 1.87 bits per heavy atom. The number of H-pyrrole nitrogens is 1. The summed E-state index contributed by atoms with van der Waals surface area (Å²) in [5.41, 5.74) is 2.95. The van der Waals surface area contributed by atoms with Crippen molar-refractivity contribution in [1.29, 1.82) is 0 Å². The van der Waals surface area contributed by atoms with Crippen molar-refractivity contribution in [2.24, 2.45) is 0 Å². The molecule has 0 unspecified atom stereocenters. The van der Waals surface area contributed by atoms with Crippen LogP contribution >= 0.6 is 0 Å². The van der Waals surface area contributed by atoms with Crippen LogP contribution in [-0.2, 0) is 0 Å². The van der Waals surface area contributed by atoms with E-state index in [2.05, 4.69) is 20.2 Å². The van der Waals surface area contributed by atoms with Crippen molar-refractivity contribution in [3.05, 3.63) is 70.6 Å². The summed E-state index contributed by atoms with van der Waals surface area (Å²) in [5, 5.41) is 4.64. The monoisotopic (exact) mass is 404 g/mol. The molecule has 7 heteroatoms. The first-order valence-corrected chi connectivity index (χ1v) is 10.3. The molecular formula is C23H26N5O2+. The molecule has 4 N–H and O–H groups in total. The molecule has 7 nitrogen and oxygen atoms in total. The average Bonchev–Trinajstić information content (AvgIpc) is 2.81. The van der Waals surface area contributed by atoms with E-state index in [1.54, 1.807) is 24.4 Å². The number of benzene rings is 1. The van der Waals surface area contributed by atoms with E-state index in [0.29, 0.717) is 5.56 Å². The van der Waals surface area contributed by atoms with Gasteiger partial charge in [-0.25, -0.2) is 0 Å². The van der Waals surface area contributed by atoms with Crippen LogP contribution in [0.15, 0.2) is 59.5 Å². The third-order valence-corrected chi connectivity index (χ3v) is 5.36. The quantitative estimate of drug-likeness (QED) is 0.609. The van der Waals surface area contributed by atoms with Gasteiger partial charge in [0.25, 0.3) is 11.5 Å². The molecule has 0 radical (unpaired) electrons. The number of hydrogen-bond acceptors (Lipinski definition) is 4. The number of nitrogens with one attached hydrogen (secondary N) is 2. The van der Waals surface area contributed by atoms with Gasteiger partial charge >= 0.3 is 0 Å². The fraction of sp³-hybridized carbons (Fsp3) is 0.261. The number of piperidine rings is 1. The van der Waals surface area contributed by atoms with Gasteiger partial charge in [0.05, 0.1) is 12.7 Å². The van der Waals surface area contributed by atoms with E-state index >= 15 is 0 Å². The number of nitrogens with zero attached hydrogens (tertiary/aromatic N) is 2. The molecule has 1 aliphatic heterocycles. The normalized spacial score (nSPS) is 13.8. The summed E-state index contributed by atoms with van der Waals surface area (Å²) in [4.78, 5) is 34.5. The van der Waals surface area contributed by atoms with Crippen LogP contribution in [0.1, 0.15) is 29.6 Å². The predicted molar refractivity (Wildman–Crippen MR) is 118 cm³/mol. The number of hydrogen-bond donors (Lipinski definition) is 3. The third kappa shape index (κ3) is 4.41. The zero-order valence-electron chi connectivity index (χ0n) is 17.0. The zero-order chi connectivity index (χ0) is 20.9. The highest BCUT2D eigenvalue weighted by Gasteiger charge is 2.14. The minimum absolute atomic E-state index is 0.199. The van der Waals surface area contributed by atoms with Crippen LogP contribution in [0.25, 0.3) is 11.3 Å². The molecule has 1 aliphatic rings. The third-order valence-electron chi connectivity index (χ3n) is 5.36. The second kappa shape index (κ2) is 8.92. The van der Waals surface area contributed by atoms with Gasteiger partial charge in [-0.05, 0) is 55.7 Å². The van der Waals surface area contributed by atoms with Gasteiger partial charge in [-0.2, -0.15) is 4.98 Å². The number of carbonyl (C=O) groups is 1. The Kier molecular flexibility index (Phi) is 5.90. The van der Waals surface area contributed by atoms with Crippen molar-refractivity contribution in [3.63, 3.8) is 0 Å². The first-order chi connectivity index (χ1) is 14.6. The lowest BCUT2D eigenvalue weighted by atomic mass is 10.1. The van der Waals surface area contributed by atoms with Crippen molar-refractivity contribution >= 4 is 23.1 Å². The lowest BCUT2D eigenvalue weighted by Gasteiger charge is -2.28. The molecule has 0 spiro atoms. The molecule has 1 fully saturated rings. The molecule has 1 aromatic carbocycles. The topological polar surface area (TPSA) is 94.7 Å². The first-order valence-electron chi connectivity index (χ1n) is 10.3. The van der Waals surface area contributed by atoms with Crippen LogP contribution in [0.3, 0.4) is 0 Å². The standard InChI is InChI=1S/C23H25N5O2/c1-24-21-7-5-6-19(26-21)17-14-20(23(30)25-15-17)27-22(29)16-8-10-18(11-9-16)28-12-3-2-4-13-28/h5-11,14-15H,2-4,12-13H2,1H3,(H,24,26)(H,25,30)(H,27,29)/p+1. The molecule has 0 atom stereocenters. The fourth-order valence-corrected chi connectivity index (χ4v) is 3.67. The lowest BCUT2D eigenvalue weighted by molar-refractivity contribution is -0.543. The second-order valence-electron chi connectivity index (χ2n) is 7.42. The number of anilines is 2. The maximum Gasteiger partial charge on any atom is 0.271 e. The Hall–Kier alpha value is -3.45. The zero-order valence-corrected chi connectivity index (χ0v) is 17.0. The smallest absolute Gasteiger partial charge is 0.271 e. The van der Waals surface area contributed by atoms with Gasteiger partial charge in [0.1, 0.15) is 5.69 Å². The Bertz CT molecular complexity index is 1090.